The number of halogens is 1. The molecule has 1 saturated heterocycles. The lowest BCUT2D eigenvalue weighted by Gasteiger charge is -2.36. The highest BCUT2D eigenvalue weighted by molar-refractivity contribution is 6.74. The lowest BCUT2D eigenvalue weighted by Crippen LogP contribution is -2.41. The van der Waals surface area contributed by atoms with Gasteiger partial charge in [-0.05, 0) is 49.5 Å². The summed E-state index contributed by atoms with van der Waals surface area (Å²) in [5.41, 5.74) is 2.68. The fourth-order valence-electron chi connectivity index (χ4n) is 4.64. The first-order valence-electron chi connectivity index (χ1n) is 13.5. The summed E-state index contributed by atoms with van der Waals surface area (Å²) in [6, 6.07) is 3.40. The maximum absolute atomic E-state index is 11.7. The standard InChI is InChI=1S/C27H36ClN7O4Si/c1-27(2,3)40(4,5)39-11-9-33-17-23(31-32-33)34-16-20(18-14-29-35(15-18)24-8-6-7-10-38-24)25-21(30-26(36)37)12-19(28)13-22(25)34/h12-17,24,30H,6-11H2,1-5H3,(H,36,37). The molecule has 0 spiro atoms. The second kappa shape index (κ2) is 11.0. The van der Waals surface area contributed by atoms with Crippen LogP contribution in [0.4, 0.5) is 10.5 Å². The zero-order chi connectivity index (χ0) is 28.7. The normalized spacial score (nSPS) is 16.5. The summed E-state index contributed by atoms with van der Waals surface area (Å²) >= 11 is 6.45. The van der Waals surface area contributed by atoms with Crippen molar-refractivity contribution in [3.63, 3.8) is 0 Å². The Hall–Kier alpha value is -3.19. The lowest BCUT2D eigenvalue weighted by atomic mass is 10.1. The third-order valence-electron chi connectivity index (χ3n) is 7.84. The van der Waals surface area contributed by atoms with E-state index >= 15 is 0 Å². The summed E-state index contributed by atoms with van der Waals surface area (Å²) in [6.07, 6.45) is 9.20. The van der Waals surface area contributed by atoms with E-state index in [1.54, 1.807) is 23.0 Å². The minimum Gasteiger partial charge on any atom is -0.465 e. The van der Waals surface area contributed by atoms with Crippen molar-refractivity contribution in [3.05, 3.63) is 41.9 Å². The van der Waals surface area contributed by atoms with E-state index in [4.69, 9.17) is 20.8 Å². The third-order valence-corrected chi connectivity index (χ3v) is 12.6. The topological polar surface area (TPSA) is 121 Å². The third kappa shape index (κ3) is 5.80. The monoisotopic (exact) mass is 585 g/mol. The molecule has 0 radical (unpaired) electrons. The summed E-state index contributed by atoms with van der Waals surface area (Å²) in [5.74, 6) is 0.579. The van der Waals surface area contributed by atoms with Crippen LogP contribution in [0.5, 0.6) is 0 Å². The Morgan fingerprint density at radius 3 is 2.75 bits per heavy atom. The second-order valence-electron chi connectivity index (χ2n) is 11.7. The largest absolute Gasteiger partial charge is 0.465 e. The Bertz CT molecular complexity index is 1510. The van der Waals surface area contributed by atoms with Crippen LogP contribution in [0.2, 0.25) is 23.2 Å². The summed E-state index contributed by atoms with van der Waals surface area (Å²) < 4.78 is 17.7. The van der Waals surface area contributed by atoms with E-state index in [1.165, 1.54) is 0 Å². The SMILES string of the molecule is CC(C)(C)[Si](C)(C)OCCn1cc(-n2cc(-c3cnn(C4CCCCO4)c3)c3c(NC(=O)O)cc(Cl)cc32)nn1. The van der Waals surface area contributed by atoms with E-state index in [0.717, 1.165) is 30.4 Å². The van der Waals surface area contributed by atoms with Gasteiger partial charge in [0, 0.05) is 40.5 Å². The van der Waals surface area contributed by atoms with Gasteiger partial charge in [0.1, 0.15) is 6.23 Å². The number of ether oxygens (including phenoxy) is 1. The zero-order valence-corrected chi connectivity index (χ0v) is 25.3. The molecule has 2 N–H and O–H groups in total. The van der Waals surface area contributed by atoms with Crippen molar-refractivity contribution in [1.82, 2.24) is 29.3 Å². The maximum Gasteiger partial charge on any atom is 0.409 e. The van der Waals surface area contributed by atoms with Crippen LogP contribution in [-0.2, 0) is 15.7 Å². The Morgan fingerprint density at radius 1 is 1.25 bits per heavy atom. The van der Waals surface area contributed by atoms with Crippen LogP contribution in [0.25, 0.3) is 27.8 Å². The minimum absolute atomic E-state index is 0.115. The van der Waals surface area contributed by atoms with Crippen molar-refractivity contribution in [2.75, 3.05) is 18.5 Å². The number of aromatic nitrogens is 6. The highest BCUT2D eigenvalue weighted by Gasteiger charge is 2.37. The number of nitrogens with one attached hydrogen (secondary N) is 1. The molecule has 3 aromatic heterocycles. The first-order valence-corrected chi connectivity index (χ1v) is 16.8. The second-order valence-corrected chi connectivity index (χ2v) is 16.9. The molecule has 5 rings (SSSR count). The van der Waals surface area contributed by atoms with Crippen molar-refractivity contribution < 1.29 is 19.1 Å². The first-order chi connectivity index (χ1) is 18.9. The molecule has 4 aromatic rings. The average molecular weight is 586 g/mol. The van der Waals surface area contributed by atoms with E-state index < -0.39 is 14.4 Å². The van der Waals surface area contributed by atoms with Gasteiger partial charge < -0.3 is 14.3 Å². The maximum atomic E-state index is 11.7. The fraction of sp³-hybridized carbons (Fsp3) is 0.481. The van der Waals surface area contributed by atoms with Crippen LogP contribution in [-0.4, -0.2) is 62.1 Å². The number of hydrogen-bond donors (Lipinski definition) is 2. The highest BCUT2D eigenvalue weighted by atomic mass is 35.5. The van der Waals surface area contributed by atoms with Crippen molar-refractivity contribution in [1.29, 1.82) is 0 Å². The molecular formula is C27H36ClN7O4Si. The van der Waals surface area contributed by atoms with Crippen LogP contribution in [0.15, 0.2) is 36.9 Å². The zero-order valence-electron chi connectivity index (χ0n) is 23.5. The molecule has 11 nitrogen and oxygen atoms in total. The number of amides is 1. The molecule has 1 aliphatic rings. The number of benzene rings is 1. The molecule has 0 aliphatic carbocycles. The van der Waals surface area contributed by atoms with Gasteiger partial charge in [-0.3, -0.25) is 9.88 Å². The highest BCUT2D eigenvalue weighted by Crippen LogP contribution is 2.40. The number of fused-ring (bicyclic) bond motifs is 1. The number of carbonyl (C=O) groups is 1. The molecule has 1 unspecified atom stereocenters. The van der Waals surface area contributed by atoms with Gasteiger partial charge in [-0.1, -0.05) is 37.6 Å². The summed E-state index contributed by atoms with van der Waals surface area (Å²) in [5, 5.41) is 26.6. The molecule has 1 atom stereocenters. The minimum atomic E-state index is -1.88. The van der Waals surface area contributed by atoms with Crippen molar-refractivity contribution in [3.8, 4) is 16.9 Å². The Labute approximate surface area is 239 Å². The smallest absolute Gasteiger partial charge is 0.409 e. The molecule has 0 bridgehead atoms. The fourth-order valence-corrected chi connectivity index (χ4v) is 5.88. The number of rotatable bonds is 8. The van der Waals surface area contributed by atoms with Crippen LogP contribution < -0.4 is 5.32 Å². The molecular weight excluding hydrogens is 550 g/mol. The van der Waals surface area contributed by atoms with Gasteiger partial charge in [0.25, 0.3) is 0 Å². The number of hydrogen-bond acceptors (Lipinski definition) is 6. The molecule has 1 aliphatic heterocycles. The Kier molecular flexibility index (Phi) is 7.79. The molecule has 1 fully saturated rings. The van der Waals surface area contributed by atoms with Gasteiger partial charge in [0.05, 0.1) is 36.7 Å². The van der Waals surface area contributed by atoms with Gasteiger partial charge in [-0.15, -0.1) is 5.10 Å². The predicted molar refractivity (Wildman–Crippen MR) is 157 cm³/mol. The molecule has 40 heavy (non-hydrogen) atoms. The predicted octanol–water partition coefficient (Wildman–Crippen LogP) is 6.55. The Balaban J connectivity index is 1.51. The van der Waals surface area contributed by atoms with Gasteiger partial charge >= 0.3 is 6.09 Å². The van der Waals surface area contributed by atoms with E-state index in [9.17, 15) is 9.90 Å². The van der Waals surface area contributed by atoms with Gasteiger partial charge in [-0.25, -0.2) is 14.2 Å². The Morgan fingerprint density at radius 2 is 2.05 bits per heavy atom. The van der Waals surface area contributed by atoms with Crippen LogP contribution in [0.3, 0.4) is 0 Å². The number of carboxylic acid groups (broad SMARTS) is 1. The van der Waals surface area contributed by atoms with Gasteiger partial charge in [0.2, 0.25) is 0 Å². The van der Waals surface area contributed by atoms with Crippen LogP contribution >= 0.6 is 11.6 Å². The molecule has 214 valence electrons. The summed E-state index contributed by atoms with van der Waals surface area (Å²) in [7, 11) is -1.88. The van der Waals surface area contributed by atoms with E-state index in [-0.39, 0.29) is 11.3 Å². The summed E-state index contributed by atoms with van der Waals surface area (Å²) in [4.78, 5) is 11.7. The molecule has 1 aromatic carbocycles. The van der Waals surface area contributed by atoms with Crippen molar-refractivity contribution in [2.45, 2.75) is 70.9 Å². The number of nitrogens with zero attached hydrogens (tertiary/aromatic N) is 6. The first kappa shape index (κ1) is 28.3. The van der Waals surface area contributed by atoms with Gasteiger partial charge in [-0.2, -0.15) is 5.10 Å². The van der Waals surface area contributed by atoms with Crippen molar-refractivity contribution >= 4 is 42.6 Å². The van der Waals surface area contributed by atoms with E-state index in [0.29, 0.717) is 47.2 Å². The quantitative estimate of drug-likeness (QED) is 0.225. The van der Waals surface area contributed by atoms with Crippen LogP contribution in [0, 0.1) is 0 Å². The average Bonchev–Trinajstić information content (AvgIpc) is 3.62. The molecule has 0 saturated carbocycles. The van der Waals surface area contributed by atoms with E-state index in [2.05, 4.69) is 54.6 Å². The lowest BCUT2D eigenvalue weighted by molar-refractivity contribution is -0.0394. The number of anilines is 1. The van der Waals surface area contributed by atoms with Crippen LogP contribution in [0.1, 0.15) is 46.3 Å². The molecule has 4 heterocycles. The van der Waals surface area contributed by atoms with E-state index in [1.807, 2.05) is 27.8 Å². The van der Waals surface area contributed by atoms with Crippen molar-refractivity contribution in [2.24, 2.45) is 0 Å². The molecule has 1 amide bonds. The van der Waals surface area contributed by atoms with Gasteiger partial charge in [0.15, 0.2) is 14.1 Å². The molecule has 13 heteroatoms. The summed E-state index contributed by atoms with van der Waals surface area (Å²) in [6.45, 7) is 12.9.